The van der Waals surface area contributed by atoms with E-state index in [-0.39, 0.29) is 5.75 Å². The number of rotatable bonds is 3. The average Bonchev–Trinajstić information content (AvgIpc) is 2.15. The van der Waals surface area contributed by atoms with Gasteiger partial charge in [-0.25, -0.2) is 0 Å². The molecule has 0 radical (unpaired) electrons. The Morgan fingerprint density at radius 3 is 2.53 bits per heavy atom. The lowest BCUT2D eigenvalue weighted by Crippen LogP contribution is -2.13. The van der Waals surface area contributed by atoms with Gasteiger partial charge in [0.1, 0.15) is 11.5 Å². The van der Waals surface area contributed by atoms with E-state index in [9.17, 15) is 10.2 Å². The molecule has 0 atom stereocenters. The normalized spacial score (nSPS) is 12.0. The number of phenolic OH excluding ortho intramolecular Hbond substituents is 1. The Kier molecular flexibility index (Phi) is 3.37. The summed E-state index contributed by atoms with van der Waals surface area (Å²) in [5.74, 6) is 0.833. The summed E-state index contributed by atoms with van der Waals surface area (Å²) in [4.78, 5) is 0. The quantitative estimate of drug-likeness (QED) is 0.800. The second kappa shape index (κ2) is 4.36. The van der Waals surface area contributed by atoms with Crippen molar-refractivity contribution in [2.24, 2.45) is 0 Å². The SMILES string of the molecule is COc1ccc(O)c(C=CC(C)(C)O)c1. The molecule has 1 aromatic rings. The third-order valence-electron chi connectivity index (χ3n) is 1.91. The average molecular weight is 208 g/mol. The van der Waals surface area contributed by atoms with Gasteiger partial charge in [0.2, 0.25) is 0 Å². The number of ether oxygens (including phenoxy) is 1. The molecule has 0 heterocycles. The lowest BCUT2D eigenvalue weighted by molar-refractivity contribution is 0.134. The fourth-order valence-electron chi connectivity index (χ4n) is 1.09. The second-order valence-corrected chi connectivity index (χ2v) is 3.91. The molecule has 15 heavy (non-hydrogen) atoms. The summed E-state index contributed by atoms with van der Waals surface area (Å²) >= 11 is 0. The summed E-state index contributed by atoms with van der Waals surface area (Å²) in [6.07, 6.45) is 3.28. The van der Waals surface area contributed by atoms with Crippen molar-refractivity contribution < 1.29 is 14.9 Å². The Labute approximate surface area is 89.6 Å². The van der Waals surface area contributed by atoms with Crippen LogP contribution in [0.1, 0.15) is 19.4 Å². The smallest absolute Gasteiger partial charge is 0.123 e. The first-order valence-corrected chi connectivity index (χ1v) is 4.71. The van der Waals surface area contributed by atoms with Gasteiger partial charge in [0.15, 0.2) is 0 Å². The van der Waals surface area contributed by atoms with Crippen LogP contribution < -0.4 is 4.74 Å². The third kappa shape index (κ3) is 3.64. The van der Waals surface area contributed by atoms with E-state index in [0.717, 1.165) is 0 Å². The molecule has 0 fully saturated rings. The second-order valence-electron chi connectivity index (χ2n) is 3.91. The number of benzene rings is 1. The zero-order valence-corrected chi connectivity index (χ0v) is 9.19. The molecule has 0 aliphatic heterocycles. The highest BCUT2D eigenvalue weighted by atomic mass is 16.5. The molecule has 0 aliphatic carbocycles. The van der Waals surface area contributed by atoms with Crippen molar-refractivity contribution in [3.05, 3.63) is 29.8 Å². The zero-order valence-electron chi connectivity index (χ0n) is 9.19. The first-order valence-electron chi connectivity index (χ1n) is 4.71. The van der Waals surface area contributed by atoms with Gasteiger partial charge in [-0.3, -0.25) is 0 Å². The molecule has 0 unspecified atom stereocenters. The van der Waals surface area contributed by atoms with Gasteiger partial charge in [0, 0.05) is 5.56 Å². The number of aromatic hydroxyl groups is 1. The van der Waals surface area contributed by atoms with Gasteiger partial charge in [-0.05, 0) is 32.0 Å². The number of hydrogen-bond donors (Lipinski definition) is 2. The van der Waals surface area contributed by atoms with Crippen LogP contribution in [0.3, 0.4) is 0 Å². The Bertz CT molecular complexity index is 362. The van der Waals surface area contributed by atoms with Crippen molar-refractivity contribution in [3.63, 3.8) is 0 Å². The molecule has 0 bridgehead atoms. The van der Waals surface area contributed by atoms with E-state index in [1.54, 1.807) is 51.3 Å². The van der Waals surface area contributed by atoms with Crippen LogP contribution in [0.4, 0.5) is 0 Å². The summed E-state index contributed by atoms with van der Waals surface area (Å²) in [6.45, 7) is 3.33. The summed E-state index contributed by atoms with van der Waals surface area (Å²) in [5.41, 5.74) is -0.272. The van der Waals surface area contributed by atoms with Crippen LogP contribution in [0.2, 0.25) is 0 Å². The first kappa shape index (κ1) is 11.6. The van der Waals surface area contributed by atoms with Crippen molar-refractivity contribution in [3.8, 4) is 11.5 Å². The minimum absolute atomic E-state index is 0.163. The standard InChI is InChI=1S/C12H16O3/c1-12(2,14)7-6-9-8-10(15-3)4-5-11(9)13/h4-8,13-14H,1-3H3. The van der Waals surface area contributed by atoms with Gasteiger partial charge < -0.3 is 14.9 Å². The lowest BCUT2D eigenvalue weighted by atomic mass is 10.1. The molecular weight excluding hydrogens is 192 g/mol. The molecule has 3 heteroatoms. The fourth-order valence-corrected chi connectivity index (χ4v) is 1.09. The molecule has 3 nitrogen and oxygen atoms in total. The van der Waals surface area contributed by atoms with Crippen LogP contribution in [-0.4, -0.2) is 22.9 Å². The highest BCUT2D eigenvalue weighted by molar-refractivity contribution is 5.59. The van der Waals surface area contributed by atoms with Crippen molar-refractivity contribution in [2.75, 3.05) is 7.11 Å². The molecule has 82 valence electrons. The molecule has 0 saturated carbocycles. The summed E-state index contributed by atoms with van der Waals surface area (Å²) < 4.78 is 5.03. The third-order valence-corrected chi connectivity index (χ3v) is 1.91. The zero-order chi connectivity index (χ0) is 11.5. The number of aliphatic hydroxyl groups is 1. The maximum absolute atomic E-state index is 9.54. The van der Waals surface area contributed by atoms with Gasteiger partial charge >= 0.3 is 0 Å². The maximum atomic E-state index is 9.54. The predicted molar refractivity (Wildman–Crippen MR) is 60.0 cm³/mol. The molecule has 0 spiro atoms. The molecule has 0 saturated heterocycles. The Hall–Kier alpha value is -1.48. The van der Waals surface area contributed by atoms with Gasteiger partial charge in [0.25, 0.3) is 0 Å². The Morgan fingerprint density at radius 2 is 2.00 bits per heavy atom. The van der Waals surface area contributed by atoms with Crippen molar-refractivity contribution in [1.29, 1.82) is 0 Å². The van der Waals surface area contributed by atoms with Crippen LogP contribution in [0.5, 0.6) is 11.5 Å². The lowest BCUT2D eigenvalue weighted by Gasteiger charge is -2.10. The van der Waals surface area contributed by atoms with E-state index in [1.807, 2.05) is 0 Å². The molecule has 1 aromatic carbocycles. The largest absolute Gasteiger partial charge is 0.507 e. The molecule has 0 amide bonds. The van der Waals surface area contributed by atoms with Crippen LogP contribution >= 0.6 is 0 Å². The van der Waals surface area contributed by atoms with Crippen molar-refractivity contribution in [1.82, 2.24) is 0 Å². The van der Waals surface area contributed by atoms with Crippen molar-refractivity contribution in [2.45, 2.75) is 19.4 Å². The van der Waals surface area contributed by atoms with Gasteiger partial charge in [-0.15, -0.1) is 0 Å². The maximum Gasteiger partial charge on any atom is 0.123 e. The van der Waals surface area contributed by atoms with Gasteiger partial charge in [-0.1, -0.05) is 12.2 Å². The Balaban J connectivity index is 2.98. The van der Waals surface area contributed by atoms with E-state index < -0.39 is 5.60 Å². The minimum atomic E-state index is -0.893. The number of methoxy groups -OCH3 is 1. The molecule has 2 N–H and O–H groups in total. The van der Waals surface area contributed by atoms with E-state index in [2.05, 4.69) is 0 Å². The first-order chi connectivity index (χ1) is 6.92. The number of phenols is 1. The van der Waals surface area contributed by atoms with Crippen LogP contribution in [-0.2, 0) is 0 Å². The minimum Gasteiger partial charge on any atom is -0.507 e. The molecule has 1 rings (SSSR count). The molecular formula is C12H16O3. The van der Waals surface area contributed by atoms with Gasteiger partial charge in [-0.2, -0.15) is 0 Å². The number of hydrogen-bond acceptors (Lipinski definition) is 3. The predicted octanol–water partition coefficient (Wildman–Crippen LogP) is 2.18. The van der Waals surface area contributed by atoms with Gasteiger partial charge in [0.05, 0.1) is 12.7 Å². The highest BCUT2D eigenvalue weighted by Crippen LogP contribution is 2.24. The molecule has 0 aliphatic rings. The monoisotopic (exact) mass is 208 g/mol. The van der Waals surface area contributed by atoms with E-state index in [1.165, 1.54) is 0 Å². The van der Waals surface area contributed by atoms with Crippen molar-refractivity contribution >= 4 is 6.08 Å². The van der Waals surface area contributed by atoms with Crippen LogP contribution in [0.25, 0.3) is 6.08 Å². The summed E-state index contributed by atoms with van der Waals surface area (Å²) in [6, 6.07) is 4.94. The van der Waals surface area contributed by atoms with E-state index >= 15 is 0 Å². The highest BCUT2D eigenvalue weighted by Gasteiger charge is 2.07. The van der Waals surface area contributed by atoms with Crippen LogP contribution in [0.15, 0.2) is 24.3 Å². The van der Waals surface area contributed by atoms with Crippen LogP contribution in [0, 0.1) is 0 Å². The van der Waals surface area contributed by atoms with E-state index in [4.69, 9.17) is 4.74 Å². The summed E-state index contributed by atoms with van der Waals surface area (Å²) in [7, 11) is 1.57. The fraction of sp³-hybridized carbons (Fsp3) is 0.333. The van der Waals surface area contributed by atoms with E-state index in [0.29, 0.717) is 11.3 Å². The Morgan fingerprint density at radius 1 is 1.33 bits per heavy atom. The topological polar surface area (TPSA) is 49.7 Å². The summed E-state index contributed by atoms with van der Waals surface area (Å²) in [5, 5.41) is 19.0. The molecule has 0 aromatic heterocycles.